The zero-order valence-corrected chi connectivity index (χ0v) is 17.1. The molecule has 1 aliphatic rings. The van der Waals surface area contributed by atoms with E-state index in [4.69, 9.17) is 9.15 Å². The number of rotatable bonds is 9. The van der Waals surface area contributed by atoms with Crippen LogP contribution in [0.5, 0.6) is 5.75 Å². The van der Waals surface area contributed by atoms with Crippen molar-refractivity contribution in [3.05, 3.63) is 58.4 Å². The first kappa shape index (κ1) is 21.8. The van der Waals surface area contributed by atoms with Crippen molar-refractivity contribution in [2.45, 2.75) is 38.8 Å². The molecule has 1 N–H and O–H groups in total. The third-order valence-corrected chi connectivity index (χ3v) is 5.16. The average Bonchev–Trinajstić information content (AvgIpc) is 2.73. The quantitative estimate of drug-likeness (QED) is 0.670. The smallest absolute Gasteiger partial charge is 0.344 e. The molecule has 0 aliphatic carbocycles. The summed E-state index contributed by atoms with van der Waals surface area (Å²) in [4.78, 5) is 27.8. The standard InChI is InChI=1S/C22H27FN2O5/c1-2-3-8-20(22(27)28)30-21-15-29-16(13-19(21)26)14-24-9-11-25(12-10-24)18-7-5-4-6-17(18)23/h4-7,13,15,20H,2-3,8-12,14H2,1H3,(H,27,28). The normalized spacial score (nSPS) is 15.7. The van der Waals surface area contributed by atoms with Crippen molar-refractivity contribution in [1.82, 2.24) is 4.90 Å². The molecular formula is C22H27FN2O5. The van der Waals surface area contributed by atoms with Crippen LogP contribution in [0.4, 0.5) is 10.1 Å². The maximum absolute atomic E-state index is 14.0. The van der Waals surface area contributed by atoms with Gasteiger partial charge in [-0.1, -0.05) is 25.5 Å². The van der Waals surface area contributed by atoms with Crippen LogP contribution in [0, 0.1) is 5.82 Å². The van der Waals surface area contributed by atoms with Crippen LogP contribution in [0.3, 0.4) is 0 Å². The van der Waals surface area contributed by atoms with Crippen LogP contribution >= 0.6 is 0 Å². The van der Waals surface area contributed by atoms with Crippen molar-refractivity contribution >= 4 is 11.7 Å². The van der Waals surface area contributed by atoms with Crippen LogP contribution in [0.15, 0.2) is 45.8 Å². The molecule has 2 heterocycles. The van der Waals surface area contributed by atoms with Crippen LogP contribution < -0.4 is 15.1 Å². The van der Waals surface area contributed by atoms with Gasteiger partial charge in [0.1, 0.15) is 17.8 Å². The fourth-order valence-electron chi connectivity index (χ4n) is 3.46. The molecule has 1 aromatic carbocycles. The van der Waals surface area contributed by atoms with Gasteiger partial charge in [-0.2, -0.15) is 0 Å². The van der Waals surface area contributed by atoms with Crippen molar-refractivity contribution in [3.8, 4) is 5.75 Å². The molecule has 162 valence electrons. The van der Waals surface area contributed by atoms with Gasteiger partial charge in [0.15, 0.2) is 6.10 Å². The Hall–Kier alpha value is -2.87. The minimum Gasteiger partial charge on any atom is -0.479 e. The van der Waals surface area contributed by atoms with E-state index in [9.17, 15) is 19.1 Å². The number of unbranched alkanes of at least 4 members (excludes halogenated alkanes) is 1. The Morgan fingerprint density at radius 1 is 1.27 bits per heavy atom. The molecule has 1 fully saturated rings. The number of piperazine rings is 1. The molecule has 3 rings (SSSR count). The number of ether oxygens (including phenoxy) is 1. The zero-order chi connectivity index (χ0) is 21.5. The summed E-state index contributed by atoms with van der Waals surface area (Å²) in [6.07, 6.45) is 1.99. The number of para-hydroxylation sites is 1. The van der Waals surface area contributed by atoms with Crippen LogP contribution in [0.2, 0.25) is 0 Å². The van der Waals surface area contributed by atoms with Gasteiger partial charge in [-0.3, -0.25) is 9.69 Å². The van der Waals surface area contributed by atoms with Crippen LogP contribution in [0.25, 0.3) is 0 Å². The lowest BCUT2D eigenvalue weighted by Crippen LogP contribution is -2.46. The third-order valence-electron chi connectivity index (χ3n) is 5.16. The molecule has 0 saturated carbocycles. The third kappa shape index (κ3) is 5.60. The molecule has 0 spiro atoms. The maximum Gasteiger partial charge on any atom is 0.344 e. The number of nitrogens with zero attached hydrogens (tertiary/aromatic N) is 2. The van der Waals surface area contributed by atoms with E-state index in [2.05, 4.69) is 4.90 Å². The van der Waals surface area contributed by atoms with Gasteiger partial charge in [-0.25, -0.2) is 9.18 Å². The van der Waals surface area contributed by atoms with Crippen LogP contribution in [-0.2, 0) is 11.3 Å². The predicted molar refractivity (Wildman–Crippen MR) is 110 cm³/mol. The van der Waals surface area contributed by atoms with E-state index in [1.807, 2.05) is 17.9 Å². The Morgan fingerprint density at radius 2 is 2.00 bits per heavy atom. The molecule has 0 radical (unpaired) electrons. The molecule has 1 atom stereocenters. The Morgan fingerprint density at radius 3 is 2.63 bits per heavy atom. The van der Waals surface area contributed by atoms with E-state index in [-0.39, 0.29) is 11.6 Å². The largest absolute Gasteiger partial charge is 0.479 e. The van der Waals surface area contributed by atoms with Gasteiger partial charge in [-0.15, -0.1) is 0 Å². The molecule has 1 unspecified atom stereocenters. The number of hydrogen-bond acceptors (Lipinski definition) is 6. The molecule has 0 amide bonds. The monoisotopic (exact) mass is 418 g/mol. The molecule has 1 saturated heterocycles. The molecule has 2 aromatic rings. The van der Waals surface area contributed by atoms with E-state index in [1.54, 1.807) is 12.1 Å². The second-order valence-electron chi connectivity index (χ2n) is 7.38. The molecule has 1 aliphatic heterocycles. The lowest BCUT2D eigenvalue weighted by atomic mass is 10.1. The first-order valence-electron chi connectivity index (χ1n) is 10.2. The summed E-state index contributed by atoms with van der Waals surface area (Å²) in [5, 5.41) is 9.25. The Labute approximate surface area is 174 Å². The number of carboxylic acid groups (broad SMARTS) is 1. The summed E-state index contributed by atoms with van der Waals surface area (Å²) in [6.45, 7) is 5.15. The Kier molecular flexibility index (Phi) is 7.46. The lowest BCUT2D eigenvalue weighted by molar-refractivity contribution is -0.145. The van der Waals surface area contributed by atoms with E-state index in [0.717, 1.165) is 6.42 Å². The average molecular weight is 418 g/mol. The van der Waals surface area contributed by atoms with E-state index < -0.39 is 17.5 Å². The van der Waals surface area contributed by atoms with Gasteiger partial charge in [0.2, 0.25) is 11.2 Å². The lowest BCUT2D eigenvalue weighted by Gasteiger charge is -2.35. The van der Waals surface area contributed by atoms with E-state index in [0.29, 0.717) is 57.0 Å². The number of halogens is 1. The van der Waals surface area contributed by atoms with Crippen LogP contribution in [0.1, 0.15) is 31.9 Å². The van der Waals surface area contributed by atoms with Gasteiger partial charge in [-0.05, 0) is 25.0 Å². The molecule has 1 aromatic heterocycles. The number of benzene rings is 1. The number of hydrogen-bond donors (Lipinski definition) is 1. The minimum absolute atomic E-state index is 0.0911. The number of anilines is 1. The summed E-state index contributed by atoms with van der Waals surface area (Å²) in [6, 6.07) is 8.06. The Bertz CT molecular complexity index is 908. The topological polar surface area (TPSA) is 83.2 Å². The van der Waals surface area contributed by atoms with Crippen LogP contribution in [-0.4, -0.2) is 48.3 Å². The van der Waals surface area contributed by atoms with E-state index >= 15 is 0 Å². The number of aliphatic carboxylic acids is 1. The minimum atomic E-state index is -1.10. The van der Waals surface area contributed by atoms with E-state index in [1.165, 1.54) is 18.4 Å². The molecule has 7 nitrogen and oxygen atoms in total. The number of carbonyl (C=O) groups is 1. The van der Waals surface area contributed by atoms with Gasteiger partial charge in [0.05, 0.1) is 12.2 Å². The summed E-state index contributed by atoms with van der Waals surface area (Å²) in [7, 11) is 0. The van der Waals surface area contributed by atoms with Gasteiger partial charge in [0.25, 0.3) is 0 Å². The predicted octanol–water partition coefficient (Wildman–Crippen LogP) is 3.12. The SMILES string of the molecule is CCCCC(Oc1coc(CN2CCN(c3ccccc3F)CC2)cc1=O)C(=O)O. The second-order valence-corrected chi connectivity index (χ2v) is 7.38. The van der Waals surface area contributed by atoms with Gasteiger partial charge in [0, 0.05) is 32.2 Å². The summed E-state index contributed by atoms with van der Waals surface area (Å²) in [5.74, 6) is -0.940. The fraction of sp³-hybridized carbons (Fsp3) is 0.455. The highest BCUT2D eigenvalue weighted by Crippen LogP contribution is 2.21. The van der Waals surface area contributed by atoms with Crippen molar-refractivity contribution in [1.29, 1.82) is 0 Å². The fourth-order valence-corrected chi connectivity index (χ4v) is 3.46. The van der Waals surface area contributed by atoms with Crippen molar-refractivity contribution in [2.24, 2.45) is 0 Å². The van der Waals surface area contributed by atoms with Crippen molar-refractivity contribution < 1.29 is 23.4 Å². The Balaban J connectivity index is 1.57. The molecule has 30 heavy (non-hydrogen) atoms. The summed E-state index contributed by atoms with van der Waals surface area (Å²) >= 11 is 0. The first-order chi connectivity index (χ1) is 14.5. The highest BCUT2D eigenvalue weighted by atomic mass is 19.1. The zero-order valence-electron chi connectivity index (χ0n) is 17.1. The highest BCUT2D eigenvalue weighted by molar-refractivity contribution is 5.72. The number of carboxylic acids is 1. The molecule has 0 bridgehead atoms. The highest BCUT2D eigenvalue weighted by Gasteiger charge is 2.22. The molecular weight excluding hydrogens is 391 g/mol. The van der Waals surface area contributed by atoms with Crippen molar-refractivity contribution in [2.75, 3.05) is 31.1 Å². The summed E-state index contributed by atoms with van der Waals surface area (Å²) < 4.78 is 24.8. The summed E-state index contributed by atoms with van der Waals surface area (Å²) in [5.41, 5.74) is 0.199. The molecule has 8 heteroatoms. The second kappa shape index (κ2) is 10.2. The van der Waals surface area contributed by atoms with Gasteiger partial charge < -0.3 is 19.2 Å². The van der Waals surface area contributed by atoms with Gasteiger partial charge >= 0.3 is 5.97 Å². The first-order valence-corrected chi connectivity index (χ1v) is 10.2. The van der Waals surface area contributed by atoms with Crippen molar-refractivity contribution in [3.63, 3.8) is 0 Å². The maximum atomic E-state index is 14.0.